The Morgan fingerprint density at radius 2 is 0.365 bits per heavy atom. The molecule has 0 atom stereocenters. The summed E-state index contributed by atoms with van der Waals surface area (Å²) in [5.41, 5.74) is 9.80. The molecule has 0 nitrogen and oxygen atoms in total. The van der Waals surface area contributed by atoms with Gasteiger partial charge in [0.1, 0.15) is 0 Å². The van der Waals surface area contributed by atoms with E-state index in [1.165, 1.54) is 45.3 Å². The first-order chi connectivity index (χ1) is 35.8. The second kappa shape index (κ2) is 36.6. The van der Waals surface area contributed by atoms with Crippen molar-refractivity contribution in [1.29, 1.82) is 0 Å². The summed E-state index contributed by atoms with van der Waals surface area (Å²) in [7, 11) is 1.75. The van der Waals surface area contributed by atoms with Gasteiger partial charge in [0.2, 0.25) is 0 Å². The summed E-state index contributed by atoms with van der Waals surface area (Å²) in [4.78, 5) is 0. The minimum absolute atomic E-state index is 0. The summed E-state index contributed by atoms with van der Waals surface area (Å²) in [5.74, 6) is 0. The molecule has 0 aromatic heterocycles. The third-order valence-electron chi connectivity index (χ3n) is 21.3. The van der Waals surface area contributed by atoms with Crippen LogP contribution in [0.15, 0.2) is 48.5 Å². The molecular formula is C64H112Ni2P4Si4+4. The maximum Gasteiger partial charge on any atom is 0.0910 e. The minimum Gasteiger partial charge on any atom is -0.0621 e. The van der Waals surface area contributed by atoms with Crippen LogP contribution < -0.4 is 20.7 Å². The summed E-state index contributed by atoms with van der Waals surface area (Å²) < 4.78 is 0. The topological polar surface area (TPSA) is 0 Å². The predicted octanol–water partition coefficient (Wildman–Crippen LogP) is 15.0. The minimum atomic E-state index is -0.0909. The number of hydrogen-bond donors (Lipinski definition) is 0. The van der Waals surface area contributed by atoms with Gasteiger partial charge in [-0.05, 0) is 226 Å². The van der Waals surface area contributed by atoms with Crippen LogP contribution in [0.4, 0.5) is 0 Å². The normalized spacial score (nSPS) is 24.5. The zero-order valence-electron chi connectivity index (χ0n) is 47.3. The Labute approximate surface area is 491 Å². The third kappa shape index (κ3) is 20.1. The first-order valence-electron chi connectivity index (χ1n) is 32.7. The Kier molecular flexibility index (Phi) is 31.4. The van der Waals surface area contributed by atoms with Gasteiger partial charge in [0, 0.05) is 99.1 Å². The van der Waals surface area contributed by atoms with E-state index < -0.39 is 0 Å². The van der Waals surface area contributed by atoms with Crippen molar-refractivity contribution in [2.45, 2.75) is 302 Å². The molecule has 0 spiro atoms. The van der Waals surface area contributed by atoms with Crippen molar-refractivity contribution in [2.24, 2.45) is 0 Å². The summed E-state index contributed by atoms with van der Waals surface area (Å²) in [6, 6.07) is 18.4. The zero-order chi connectivity index (χ0) is 48.8. The van der Waals surface area contributed by atoms with E-state index in [-0.39, 0.29) is 64.7 Å². The van der Waals surface area contributed by atoms with Crippen molar-refractivity contribution in [3.05, 3.63) is 48.5 Å². The average molecular weight is 1240 g/mol. The van der Waals surface area contributed by atoms with Crippen molar-refractivity contribution >= 4 is 86.9 Å². The molecular weight excluding hydrogens is 1120 g/mol. The molecule has 0 unspecified atom stereocenters. The Morgan fingerprint density at radius 3 is 0.500 bits per heavy atom. The Morgan fingerprint density at radius 1 is 0.230 bits per heavy atom. The molecule has 8 saturated carbocycles. The van der Waals surface area contributed by atoms with E-state index in [1.54, 1.807) is 302 Å². The molecule has 0 radical (unpaired) electrons. The second-order valence-corrected chi connectivity index (χ2v) is 46.9. The van der Waals surface area contributed by atoms with Gasteiger partial charge in [-0.15, -0.1) is 0 Å². The molecule has 0 amide bonds. The van der Waals surface area contributed by atoms with E-state index in [1.807, 2.05) is 0 Å². The van der Waals surface area contributed by atoms with Crippen molar-refractivity contribution in [2.75, 3.05) is 24.6 Å². The molecule has 9 aliphatic rings. The standard InChI is InChI=1S/2C26H48P2.C12H12Si4.2Ni/c2*1-5-13-23(14-6-1)27(24-15-7-2-8-16-24)21-22-28(25-17-9-3-10-18-25)26-19-11-4-12-20-26;1-2-6-10-9(5-1)13-15-11-7-3-4-8-12(11)16-14-10;;/h2*23-26H,1-22H2;1-8,13-16H;;/p+4/b;;13-9?,14-10?,15-11?,15-13-,16-12?,16-14+;;. The van der Waals surface area contributed by atoms with Crippen LogP contribution in [-0.2, 0) is 33.0 Å². The van der Waals surface area contributed by atoms with E-state index in [0.29, 0.717) is 34.5 Å². The average Bonchev–Trinajstić information content (AvgIpc) is 3.46. The van der Waals surface area contributed by atoms with Crippen LogP contribution in [0, 0.1) is 0 Å². The van der Waals surface area contributed by atoms with E-state index in [4.69, 9.17) is 0 Å². The van der Waals surface area contributed by atoms with Crippen LogP contribution in [0.2, 0.25) is 0 Å². The fourth-order valence-corrected chi connectivity index (χ4v) is 49.1. The molecule has 2 aromatic carbocycles. The molecule has 8 aliphatic carbocycles. The van der Waals surface area contributed by atoms with Gasteiger partial charge in [-0.25, -0.2) is 0 Å². The Hall–Kier alpha value is 2.01. The largest absolute Gasteiger partial charge is 0.0910 e. The Bertz CT molecular complexity index is 1520. The number of hydrogen-bond acceptors (Lipinski definition) is 0. The fraction of sp³-hybridized carbons (Fsp3) is 0.812. The molecule has 74 heavy (non-hydrogen) atoms. The quantitative estimate of drug-likeness (QED) is 0.111. The molecule has 10 heteroatoms. The maximum atomic E-state index is 2.37. The van der Waals surface area contributed by atoms with E-state index in [0.717, 1.165) is 0 Å². The zero-order valence-corrected chi connectivity index (χ0v) is 57.9. The molecule has 11 rings (SSSR count). The van der Waals surface area contributed by atoms with Crippen LogP contribution in [0.3, 0.4) is 0 Å². The number of benzene rings is 2. The Balaban J connectivity index is 0.000000166. The van der Waals surface area contributed by atoms with Gasteiger partial charge in [-0.2, -0.15) is 0 Å². The van der Waals surface area contributed by atoms with Crippen LogP contribution in [-0.4, -0.2) is 104 Å². The van der Waals surface area contributed by atoms with Crippen molar-refractivity contribution in [3.63, 3.8) is 0 Å². The second-order valence-electron chi connectivity index (χ2n) is 25.9. The smallest absolute Gasteiger partial charge is 0.0621 e. The fourth-order valence-electron chi connectivity index (χ4n) is 17.3. The number of fused-ring (bicyclic) bond motifs is 2. The molecule has 0 saturated heterocycles. The SMILES string of the molecule is C1CCC([PH+](CC[PH+](C2CCCCC2)C2CCCCC2)C2CCCCC2)CC1.C1CCC([PH+](CC[PH+](C2CCCCC2)C2CCCCC2)C2CCCCC2)CC1.[Ni].[Ni].c1ccc2c(c1)/[SiH]=[SiH]\c1ccccc1/[SiH]=[SiH]/2. The number of rotatable bonds is 14. The molecule has 2 aromatic rings. The molecule has 1 aliphatic heterocycles. The summed E-state index contributed by atoms with van der Waals surface area (Å²) in [5, 5.41) is 6.87. The maximum absolute atomic E-state index is 2.37. The van der Waals surface area contributed by atoms with Gasteiger partial charge >= 0.3 is 0 Å². The molecule has 1 heterocycles. The third-order valence-corrected chi connectivity index (χ3v) is 48.5. The van der Waals surface area contributed by atoms with Crippen molar-refractivity contribution in [1.82, 2.24) is 0 Å². The van der Waals surface area contributed by atoms with Gasteiger partial charge < -0.3 is 0 Å². The molecule has 420 valence electrons. The van der Waals surface area contributed by atoms with E-state index in [9.17, 15) is 0 Å². The van der Waals surface area contributed by atoms with Crippen molar-refractivity contribution in [3.8, 4) is 0 Å². The first kappa shape index (κ1) is 63.6. The van der Waals surface area contributed by atoms with E-state index in [2.05, 4.69) is 48.5 Å². The van der Waals surface area contributed by atoms with Crippen LogP contribution >= 0.6 is 31.7 Å². The molecule has 0 bridgehead atoms. The van der Waals surface area contributed by atoms with E-state index >= 15 is 0 Å². The van der Waals surface area contributed by atoms with Gasteiger partial charge in [0.05, 0.1) is 69.9 Å². The van der Waals surface area contributed by atoms with Crippen LogP contribution in [0.1, 0.15) is 257 Å². The van der Waals surface area contributed by atoms with Crippen molar-refractivity contribution < 1.29 is 33.0 Å². The first-order valence-corrected chi connectivity index (χ1v) is 47.8. The predicted molar refractivity (Wildman–Crippen MR) is 348 cm³/mol. The molecule has 0 N–H and O–H groups in total. The van der Waals surface area contributed by atoms with Gasteiger partial charge in [-0.1, -0.05) is 99.9 Å². The van der Waals surface area contributed by atoms with Gasteiger partial charge in [0.15, 0.2) is 0 Å². The monoisotopic (exact) mass is 1230 g/mol. The van der Waals surface area contributed by atoms with Gasteiger partial charge in [-0.3, -0.25) is 0 Å². The van der Waals surface area contributed by atoms with Crippen LogP contribution in [0.5, 0.6) is 0 Å². The molecule has 8 fully saturated rings. The summed E-state index contributed by atoms with van der Waals surface area (Å²) in [6.07, 6.45) is 70.9. The van der Waals surface area contributed by atoms with Crippen LogP contribution in [0.25, 0.3) is 0 Å². The van der Waals surface area contributed by atoms with Gasteiger partial charge in [0.25, 0.3) is 0 Å². The summed E-state index contributed by atoms with van der Waals surface area (Å²) in [6.45, 7) is 0. The summed E-state index contributed by atoms with van der Waals surface area (Å²) >= 11 is 0.